The Kier molecular flexibility index (Phi) is 5.89. The molecule has 2 rings (SSSR count). The van der Waals surface area contributed by atoms with Gasteiger partial charge in [-0.05, 0) is 44.4 Å². The molecule has 2 saturated carbocycles. The predicted molar refractivity (Wildman–Crippen MR) is 73.6 cm³/mol. The molecular weight excluding hydrogens is 252 g/mol. The van der Waals surface area contributed by atoms with E-state index in [2.05, 4.69) is 5.32 Å². The van der Waals surface area contributed by atoms with Crippen LogP contribution in [0.15, 0.2) is 0 Å². The fourth-order valence-corrected chi connectivity index (χ4v) is 3.43. The van der Waals surface area contributed by atoms with Crippen molar-refractivity contribution in [1.29, 1.82) is 0 Å². The smallest absolute Gasteiger partial charge is 0.225 e. The van der Waals surface area contributed by atoms with Crippen molar-refractivity contribution in [2.45, 2.75) is 44.7 Å². The Balaban J connectivity index is 0.00000162. The second-order valence-electron chi connectivity index (χ2n) is 5.63. The van der Waals surface area contributed by atoms with Crippen molar-refractivity contribution >= 4 is 18.3 Å². The number of carbonyl (C=O) groups is 1. The first-order chi connectivity index (χ1) is 8.13. The van der Waals surface area contributed by atoms with Crippen LogP contribution >= 0.6 is 12.4 Å². The van der Waals surface area contributed by atoms with Gasteiger partial charge in [-0.25, -0.2) is 0 Å². The number of nitrogens with two attached hydrogens (primary N) is 1. The van der Waals surface area contributed by atoms with E-state index in [1.54, 1.807) is 7.11 Å². The molecule has 3 N–H and O–H groups in total. The topological polar surface area (TPSA) is 64.3 Å². The second kappa shape index (κ2) is 6.73. The first-order valence-corrected chi connectivity index (χ1v) is 6.68. The van der Waals surface area contributed by atoms with Crippen molar-refractivity contribution in [3.05, 3.63) is 0 Å². The summed E-state index contributed by atoms with van der Waals surface area (Å²) in [4.78, 5) is 12.2. The molecule has 5 unspecified atom stereocenters. The fraction of sp³-hybridized carbons (Fsp3) is 0.923. The lowest BCUT2D eigenvalue weighted by molar-refractivity contribution is -0.127. The molecule has 0 aromatic heterocycles. The molecule has 0 aromatic rings. The van der Waals surface area contributed by atoms with Crippen LogP contribution in [0.2, 0.25) is 0 Å². The van der Waals surface area contributed by atoms with Gasteiger partial charge >= 0.3 is 0 Å². The molecule has 0 heterocycles. The highest BCUT2D eigenvalue weighted by atomic mass is 35.5. The molecule has 18 heavy (non-hydrogen) atoms. The third kappa shape index (κ3) is 3.16. The number of halogens is 1. The van der Waals surface area contributed by atoms with Crippen LogP contribution in [0.1, 0.15) is 32.6 Å². The standard InChI is InChI=1S/C13H24N2O2.ClH/c1-8(5-6-17-2)15-13(16)11-9-3-4-10(7-9)12(11)14;/h8-12H,3-7,14H2,1-2H3,(H,15,16);1H. The molecule has 2 bridgehead atoms. The van der Waals surface area contributed by atoms with Crippen molar-refractivity contribution in [2.75, 3.05) is 13.7 Å². The van der Waals surface area contributed by atoms with Crippen LogP contribution < -0.4 is 11.1 Å². The number of amides is 1. The van der Waals surface area contributed by atoms with Gasteiger partial charge < -0.3 is 15.8 Å². The van der Waals surface area contributed by atoms with E-state index >= 15 is 0 Å². The third-order valence-corrected chi connectivity index (χ3v) is 4.43. The molecule has 2 aliphatic carbocycles. The number of methoxy groups -OCH3 is 1. The van der Waals surface area contributed by atoms with Crippen molar-refractivity contribution < 1.29 is 9.53 Å². The quantitative estimate of drug-likeness (QED) is 0.796. The molecule has 0 aromatic carbocycles. The van der Waals surface area contributed by atoms with E-state index < -0.39 is 0 Å². The van der Waals surface area contributed by atoms with E-state index in [0.29, 0.717) is 18.4 Å². The largest absolute Gasteiger partial charge is 0.385 e. The van der Waals surface area contributed by atoms with E-state index in [4.69, 9.17) is 10.5 Å². The first kappa shape index (κ1) is 15.7. The average molecular weight is 277 g/mol. The van der Waals surface area contributed by atoms with Crippen LogP contribution in [0.4, 0.5) is 0 Å². The highest BCUT2D eigenvalue weighted by Crippen LogP contribution is 2.47. The van der Waals surface area contributed by atoms with Gasteiger partial charge in [0.2, 0.25) is 5.91 Å². The normalized spacial score (nSPS) is 35.1. The summed E-state index contributed by atoms with van der Waals surface area (Å²) in [5.41, 5.74) is 6.16. The summed E-state index contributed by atoms with van der Waals surface area (Å²) in [6.45, 7) is 2.71. The molecule has 2 aliphatic rings. The van der Waals surface area contributed by atoms with Gasteiger partial charge in [0.15, 0.2) is 0 Å². The van der Waals surface area contributed by atoms with Crippen molar-refractivity contribution in [1.82, 2.24) is 5.32 Å². The Morgan fingerprint density at radius 2 is 2.11 bits per heavy atom. The SMILES string of the molecule is COCCC(C)NC(=O)C1C2CCC(C2)C1N.Cl. The number of nitrogens with one attached hydrogen (secondary N) is 1. The average Bonchev–Trinajstić information content (AvgIpc) is 2.86. The summed E-state index contributed by atoms with van der Waals surface area (Å²) in [5.74, 6) is 1.33. The minimum Gasteiger partial charge on any atom is -0.385 e. The Morgan fingerprint density at radius 1 is 1.44 bits per heavy atom. The summed E-state index contributed by atoms with van der Waals surface area (Å²) < 4.78 is 5.01. The number of hydrogen-bond acceptors (Lipinski definition) is 3. The van der Waals surface area contributed by atoms with Crippen LogP contribution in [-0.4, -0.2) is 31.7 Å². The molecule has 4 nitrogen and oxygen atoms in total. The minimum absolute atomic E-state index is 0. The van der Waals surface area contributed by atoms with Crippen molar-refractivity contribution in [2.24, 2.45) is 23.5 Å². The Bertz CT molecular complexity index is 286. The van der Waals surface area contributed by atoms with Crippen LogP contribution in [0, 0.1) is 17.8 Å². The second-order valence-corrected chi connectivity index (χ2v) is 5.63. The maximum atomic E-state index is 12.2. The molecule has 0 radical (unpaired) electrons. The Hall–Kier alpha value is -0.320. The van der Waals surface area contributed by atoms with Gasteiger partial charge in [0.25, 0.3) is 0 Å². The van der Waals surface area contributed by atoms with Crippen LogP contribution in [-0.2, 0) is 9.53 Å². The molecule has 0 aliphatic heterocycles. The molecule has 5 heteroatoms. The summed E-state index contributed by atoms with van der Waals surface area (Å²) in [7, 11) is 1.68. The van der Waals surface area contributed by atoms with Gasteiger partial charge in [-0.1, -0.05) is 0 Å². The molecule has 0 spiro atoms. The predicted octanol–water partition coefficient (Wildman–Crippen LogP) is 1.32. The van der Waals surface area contributed by atoms with Gasteiger partial charge in [0.1, 0.15) is 0 Å². The van der Waals surface area contributed by atoms with Gasteiger partial charge in [0, 0.05) is 25.8 Å². The van der Waals surface area contributed by atoms with Crippen LogP contribution in [0.25, 0.3) is 0 Å². The van der Waals surface area contributed by atoms with Gasteiger partial charge in [0.05, 0.1) is 5.92 Å². The van der Waals surface area contributed by atoms with Crippen molar-refractivity contribution in [3.63, 3.8) is 0 Å². The maximum absolute atomic E-state index is 12.2. The number of carbonyl (C=O) groups excluding carboxylic acids is 1. The van der Waals surface area contributed by atoms with E-state index in [0.717, 1.165) is 12.8 Å². The monoisotopic (exact) mass is 276 g/mol. The fourth-order valence-electron chi connectivity index (χ4n) is 3.43. The summed E-state index contributed by atoms with van der Waals surface area (Å²) >= 11 is 0. The van der Waals surface area contributed by atoms with Gasteiger partial charge in [-0.2, -0.15) is 0 Å². The van der Waals surface area contributed by atoms with Crippen LogP contribution in [0.5, 0.6) is 0 Å². The molecule has 5 atom stereocenters. The van der Waals surface area contributed by atoms with E-state index in [9.17, 15) is 4.79 Å². The summed E-state index contributed by atoms with van der Waals surface area (Å²) in [5, 5.41) is 3.07. The minimum atomic E-state index is 0. The third-order valence-electron chi connectivity index (χ3n) is 4.43. The lowest BCUT2D eigenvalue weighted by atomic mass is 9.84. The van der Waals surface area contributed by atoms with E-state index in [1.165, 1.54) is 12.8 Å². The molecule has 2 fully saturated rings. The number of rotatable bonds is 5. The van der Waals surface area contributed by atoms with Gasteiger partial charge in [-0.3, -0.25) is 4.79 Å². The first-order valence-electron chi connectivity index (χ1n) is 6.68. The highest BCUT2D eigenvalue weighted by molar-refractivity contribution is 5.85. The van der Waals surface area contributed by atoms with Crippen molar-refractivity contribution in [3.8, 4) is 0 Å². The van der Waals surface area contributed by atoms with Gasteiger partial charge in [-0.15, -0.1) is 12.4 Å². The number of hydrogen-bond donors (Lipinski definition) is 2. The Labute approximate surface area is 115 Å². The maximum Gasteiger partial charge on any atom is 0.225 e. The summed E-state index contributed by atoms with van der Waals surface area (Å²) in [6.07, 6.45) is 4.42. The molecule has 0 saturated heterocycles. The zero-order chi connectivity index (χ0) is 12.4. The number of ether oxygens (including phenoxy) is 1. The zero-order valence-corrected chi connectivity index (χ0v) is 12.0. The summed E-state index contributed by atoms with van der Waals surface area (Å²) in [6, 6.07) is 0.261. The molecule has 1 amide bonds. The Morgan fingerprint density at radius 3 is 2.67 bits per heavy atom. The lowest BCUT2D eigenvalue weighted by Gasteiger charge is -2.28. The highest BCUT2D eigenvalue weighted by Gasteiger charge is 2.49. The molecular formula is C13H25ClN2O2. The number of fused-ring (bicyclic) bond motifs is 2. The van der Waals surface area contributed by atoms with E-state index in [-0.39, 0.29) is 36.3 Å². The lowest BCUT2D eigenvalue weighted by Crippen LogP contribution is -2.47. The van der Waals surface area contributed by atoms with Crippen LogP contribution in [0.3, 0.4) is 0 Å². The molecule has 106 valence electrons. The zero-order valence-electron chi connectivity index (χ0n) is 11.2. The van der Waals surface area contributed by atoms with E-state index in [1.807, 2.05) is 6.92 Å².